The molecule has 2 aliphatic rings. The van der Waals surface area contributed by atoms with E-state index in [1.807, 2.05) is 25.7 Å². The molecule has 1 spiro atoms. The van der Waals surface area contributed by atoms with Crippen LogP contribution < -0.4 is 21.7 Å². The number of hydrogen-bond acceptors (Lipinski definition) is 8. The van der Waals surface area contributed by atoms with Crippen molar-refractivity contribution in [2.45, 2.75) is 80.5 Å². The average Bonchev–Trinajstić information content (AvgIpc) is 3.20. The highest BCUT2D eigenvalue weighted by Crippen LogP contribution is 2.48. The van der Waals surface area contributed by atoms with E-state index >= 15 is 0 Å². The van der Waals surface area contributed by atoms with Gasteiger partial charge in [-0.25, -0.2) is 9.78 Å². The molecule has 0 bridgehead atoms. The molecule has 9 nitrogen and oxygen atoms in total. The zero-order chi connectivity index (χ0) is 28.6. The largest absolute Gasteiger partial charge is 0.444 e. The highest BCUT2D eigenvalue weighted by Gasteiger charge is 2.46. The quantitative estimate of drug-likeness (QED) is 0.460. The van der Waals surface area contributed by atoms with Gasteiger partial charge in [-0.3, -0.25) is 9.78 Å². The number of pyridine rings is 2. The molecule has 2 fully saturated rings. The van der Waals surface area contributed by atoms with Gasteiger partial charge in [0.25, 0.3) is 5.91 Å². The molecule has 1 atom stereocenters. The van der Waals surface area contributed by atoms with Gasteiger partial charge in [-0.1, -0.05) is 18.2 Å². The molecule has 13 heteroatoms. The predicted octanol–water partition coefficient (Wildman–Crippen LogP) is 4.99. The Morgan fingerprint density at radius 3 is 2.49 bits per heavy atom. The van der Waals surface area contributed by atoms with E-state index in [1.54, 1.807) is 0 Å². The first kappa shape index (κ1) is 28.8. The SMILES string of the molecule is CC(C)(C)OC(=O)N[C@@H]1CCCC12CCN(c1nc(N)c(Sc3cccnc3C(F)(F)F)cc1C(N)=O)CC2. The van der Waals surface area contributed by atoms with E-state index in [1.165, 1.54) is 18.2 Å². The molecule has 2 aromatic rings. The molecule has 1 saturated carbocycles. The minimum Gasteiger partial charge on any atom is -0.444 e. The monoisotopic (exact) mass is 566 g/mol. The second-order valence-electron chi connectivity index (χ2n) is 11.0. The van der Waals surface area contributed by atoms with Gasteiger partial charge in [-0.15, -0.1) is 0 Å². The number of halogens is 3. The van der Waals surface area contributed by atoms with Gasteiger partial charge in [0.05, 0.1) is 10.5 Å². The molecule has 1 saturated heterocycles. The Hall–Kier alpha value is -3.22. The average molecular weight is 567 g/mol. The molecule has 0 unspecified atom stereocenters. The van der Waals surface area contributed by atoms with Crippen molar-refractivity contribution < 1.29 is 27.5 Å². The van der Waals surface area contributed by atoms with Crippen LogP contribution in [0.15, 0.2) is 34.2 Å². The lowest BCUT2D eigenvalue weighted by atomic mass is 9.74. The number of aromatic nitrogens is 2. The summed E-state index contributed by atoms with van der Waals surface area (Å²) in [5.41, 5.74) is 10.2. The van der Waals surface area contributed by atoms with Crippen LogP contribution in [0.5, 0.6) is 0 Å². The van der Waals surface area contributed by atoms with Crippen LogP contribution in [0.3, 0.4) is 0 Å². The molecule has 3 heterocycles. The Morgan fingerprint density at radius 1 is 1.18 bits per heavy atom. The standard InChI is InChI=1S/C26H33F3N6O3S/c1-24(2,3)38-23(37)33-18-7-4-8-25(18)9-12-35(13-10-25)22-15(21(31)36)14-17(20(30)34-22)39-16-6-5-11-32-19(16)26(27,28)29/h5-6,11,14,18H,4,7-10,12-13H2,1-3H3,(H2,30,34)(H2,31,36)(H,33,37)/t18-/m1/s1. The lowest BCUT2D eigenvalue weighted by molar-refractivity contribution is -0.143. The minimum absolute atomic E-state index is 0.0115. The Labute approximate surface area is 229 Å². The first-order valence-electron chi connectivity index (χ1n) is 12.7. The lowest BCUT2D eigenvalue weighted by Gasteiger charge is -2.44. The Morgan fingerprint density at radius 2 is 1.87 bits per heavy atom. The van der Waals surface area contributed by atoms with Gasteiger partial charge >= 0.3 is 12.3 Å². The first-order chi connectivity index (χ1) is 18.2. The fourth-order valence-corrected chi connectivity index (χ4v) is 6.36. The van der Waals surface area contributed by atoms with Crippen molar-refractivity contribution >= 4 is 35.4 Å². The number of anilines is 2. The van der Waals surface area contributed by atoms with Gasteiger partial charge in [-0.2, -0.15) is 13.2 Å². The number of piperidine rings is 1. The highest BCUT2D eigenvalue weighted by atomic mass is 32.2. The van der Waals surface area contributed by atoms with E-state index in [0.29, 0.717) is 18.9 Å². The summed E-state index contributed by atoms with van der Waals surface area (Å²) >= 11 is 0.731. The van der Waals surface area contributed by atoms with Crippen LogP contribution in [0.4, 0.5) is 29.6 Å². The smallest absolute Gasteiger partial charge is 0.434 e. The molecule has 2 aromatic heterocycles. The van der Waals surface area contributed by atoms with E-state index in [2.05, 4.69) is 15.3 Å². The number of carbonyl (C=O) groups excluding carboxylic acids is 2. The maximum atomic E-state index is 13.4. The molecule has 0 radical (unpaired) electrons. The van der Waals surface area contributed by atoms with Crippen molar-refractivity contribution in [1.82, 2.24) is 15.3 Å². The number of alkyl carbamates (subject to hydrolysis) is 1. The van der Waals surface area contributed by atoms with Crippen molar-refractivity contribution in [3.63, 3.8) is 0 Å². The van der Waals surface area contributed by atoms with E-state index in [9.17, 15) is 22.8 Å². The van der Waals surface area contributed by atoms with Crippen LogP contribution in [0.1, 0.15) is 68.9 Å². The zero-order valence-corrected chi connectivity index (χ0v) is 22.9. The van der Waals surface area contributed by atoms with E-state index < -0.39 is 29.5 Å². The van der Waals surface area contributed by atoms with Crippen LogP contribution >= 0.6 is 11.8 Å². The third kappa shape index (κ3) is 6.51. The van der Waals surface area contributed by atoms with E-state index in [4.69, 9.17) is 16.2 Å². The van der Waals surface area contributed by atoms with Gasteiger partial charge in [0, 0.05) is 30.2 Å². The van der Waals surface area contributed by atoms with Gasteiger partial charge in [0.15, 0.2) is 5.69 Å². The van der Waals surface area contributed by atoms with Crippen LogP contribution in [0.2, 0.25) is 0 Å². The Bertz CT molecular complexity index is 1240. The van der Waals surface area contributed by atoms with Gasteiger partial charge in [0.1, 0.15) is 17.2 Å². The number of nitrogens with zero attached hydrogens (tertiary/aromatic N) is 3. The van der Waals surface area contributed by atoms with Crippen molar-refractivity contribution in [1.29, 1.82) is 0 Å². The third-order valence-electron chi connectivity index (χ3n) is 7.18. The summed E-state index contributed by atoms with van der Waals surface area (Å²) in [6, 6.07) is 4.04. The number of nitrogen functional groups attached to an aromatic ring is 1. The number of hydrogen-bond donors (Lipinski definition) is 3. The molecule has 2 amide bonds. The summed E-state index contributed by atoms with van der Waals surface area (Å²) in [6.45, 7) is 6.56. The molecular formula is C26H33F3N6O3S. The number of amides is 2. The highest BCUT2D eigenvalue weighted by molar-refractivity contribution is 7.99. The molecule has 39 heavy (non-hydrogen) atoms. The normalized spacial score (nSPS) is 19.2. The van der Waals surface area contributed by atoms with Crippen LogP contribution in [-0.2, 0) is 10.9 Å². The van der Waals surface area contributed by atoms with Crippen molar-refractivity contribution in [3.8, 4) is 0 Å². The molecule has 5 N–H and O–H groups in total. The predicted molar refractivity (Wildman–Crippen MR) is 141 cm³/mol. The Kier molecular flexibility index (Phi) is 7.93. The van der Waals surface area contributed by atoms with Crippen molar-refractivity contribution in [2.24, 2.45) is 11.1 Å². The van der Waals surface area contributed by atoms with Gasteiger partial charge in [0.2, 0.25) is 0 Å². The summed E-state index contributed by atoms with van der Waals surface area (Å²) in [5, 5.41) is 3.06. The number of nitrogens with two attached hydrogens (primary N) is 2. The summed E-state index contributed by atoms with van der Waals surface area (Å²) in [5.74, 6) is -0.467. The molecule has 1 aliphatic carbocycles. The lowest BCUT2D eigenvalue weighted by Crippen LogP contribution is -2.51. The van der Waals surface area contributed by atoms with Crippen LogP contribution in [0.25, 0.3) is 0 Å². The minimum atomic E-state index is -4.65. The summed E-state index contributed by atoms with van der Waals surface area (Å²) in [6.07, 6.45) is 0.267. The fraction of sp³-hybridized carbons (Fsp3) is 0.538. The number of primary amides is 1. The van der Waals surface area contributed by atoms with Gasteiger partial charge in [-0.05, 0) is 70.1 Å². The molecule has 1 aliphatic heterocycles. The van der Waals surface area contributed by atoms with Crippen molar-refractivity contribution in [2.75, 3.05) is 23.7 Å². The molecular weight excluding hydrogens is 533 g/mol. The molecule has 212 valence electrons. The number of nitrogens with one attached hydrogen (secondary N) is 1. The topological polar surface area (TPSA) is 136 Å². The molecule has 0 aromatic carbocycles. The van der Waals surface area contributed by atoms with Crippen LogP contribution in [0, 0.1) is 5.41 Å². The number of ether oxygens (including phenoxy) is 1. The number of alkyl halides is 3. The number of carbonyl (C=O) groups is 2. The fourth-order valence-electron chi connectivity index (χ4n) is 5.38. The zero-order valence-electron chi connectivity index (χ0n) is 22.1. The van der Waals surface area contributed by atoms with Crippen LogP contribution in [-0.4, -0.2) is 46.7 Å². The van der Waals surface area contributed by atoms with E-state index in [0.717, 1.165) is 50.1 Å². The summed E-state index contributed by atoms with van der Waals surface area (Å²) in [7, 11) is 0. The number of rotatable bonds is 5. The van der Waals surface area contributed by atoms with Gasteiger partial charge < -0.3 is 26.4 Å². The third-order valence-corrected chi connectivity index (χ3v) is 8.27. The second-order valence-corrected chi connectivity index (χ2v) is 12.1. The maximum Gasteiger partial charge on any atom is 0.434 e. The summed E-state index contributed by atoms with van der Waals surface area (Å²) < 4.78 is 45.7. The molecule has 4 rings (SSSR count). The second kappa shape index (κ2) is 10.7. The van der Waals surface area contributed by atoms with Crippen molar-refractivity contribution in [3.05, 3.63) is 35.7 Å². The van der Waals surface area contributed by atoms with E-state index in [-0.39, 0.29) is 32.6 Å². The first-order valence-corrected chi connectivity index (χ1v) is 13.5. The Balaban J connectivity index is 1.53. The maximum absolute atomic E-state index is 13.4. The summed E-state index contributed by atoms with van der Waals surface area (Å²) in [4.78, 5) is 34.6.